The first kappa shape index (κ1) is 9.52. The number of aromatic amines is 1. The molecule has 1 amide bonds. The van der Waals surface area contributed by atoms with Crippen molar-refractivity contribution in [2.75, 3.05) is 0 Å². The molecule has 7 heteroatoms. The number of imidazole rings is 1. The van der Waals surface area contributed by atoms with Gasteiger partial charge in [0.05, 0.1) is 11.0 Å². The lowest BCUT2D eigenvalue weighted by Crippen LogP contribution is -2.16. The van der Waals surface area contributed by atoms with E-state index in [1.807, 2.05) is 0 Å². The average molecular weight is 228 g/mol. The smallest absolute Gasteiger partial charge is 0.269 e. The lowest BCUT2D eigenvalue weighted by atomic mass is 10.3. The number of aromatic nitrogens is 5. The summed E-state index contributed by atoms with van der Waals surface area (Å²) in [5.41, 5.74) is 6.64. The van der Waals surface area contributed by atoms with Crippen LogP contribution in [0.1, 0.15) is 10.5 Å². The number of hydrogen-bond acceptors (Lipinski definition) is 4. The van der Waals surface area contributed by atoms with Gasteiger partial charge in [-0.15, -0.1) is 0 Å². The van der Waals surface area contributed by atoms with E-state index in [4.69, 9.17) is 5.73 Å². The Balaban J connectivity index is 2.31. The number of nitrogens with two attached hydrogens (primary N) is 1. The molecular weight excluding hydrogens is 220 g/mol. The van der Waals surface area contributed by atoms with Crippen LogP contribution in [0.15, 0.2) is 31.0 Å². The summed E-state index contributed by atoms with van der Waals surface area (Å²) in [7, 11) is 0. The molecule has 0 radical (unpaired) electrons. The van der Waals surface area contributed by atoms with E-state index in [-0.39, 0.29) is 5.69 Å². The molecule has 0 fully saturated rings. The number of amides is 1. The minimum Gasteiger partial charge on any atom is -0.364 e. The van der Waals surface area contributed by atoms with Crippen molar-refractivity contribution in [1.82, 2.24) is 24.5 Å². The SMILES string of the molecule is NC(=O)c1nc(-n2ccnc2)nc2cc[nH]c12. The number of nitrogens with zero attached hydrogens (tertiary/aromatic N) is 4. The Hall–Kier alpha value is -2.70. The number of fused-ring (bicyclic) bond motifs is 1. The molecule has 0 aliphatic rings. The van der Waals surface area contributed by atoms with Gasteiger partial charge in [0.1, 0.15) is 6.33 Å². The van der Waals surface area contributed by atoms with Crippen LogP contribution < -0.4 is 5.73 Å². The highest BCUT2D eigenvalue weighted by atomic mass is 16.1. The molecule has 7 nitrogen and oxygen atoms in total. The first-order valence-corrected chi connectivity index (χ1v) is 4.89. The zero-order valence-electron chi connectivity index (χ0n) is 8.66. The summed E-state index contributed by atoms with van der Waals surface area (Å²) in [6.07, 6.45) is 6.54. The molecule has 0 saturated heterocycles. The maximum absolute atomic E-state index is 11.3. The molecule has 0 aliphatic carbocycles. The molecule has 17 heavy (non-hydrogen) atoms. The Kier molecular flexibility index (Phi) is 1.91. The van der Waals surface area contributed by atoms with Crippen molar-refractivity contribution in [2.45, 2.75) is 0 Å². The number of primary amides is 1. The van der Waals surface area contributed by atoms with E-state index >= 15 is 0 Å². The second-order valence-electron chi connectivity index (χ2n) is 3.44. The largest absolute Gasteiger partial charge is 0.364 e. The highest BCUT2D eigenvalue weighted by Crippen LogP contribution is 2.15. The van der Waals surface area contributed by atoms with Gasteiger partial charge in [-0.2, -0.15) is 0 Å². The van der Waals surface area contributed by atoms with Crippen molar-refractivity contribution in [2.24, 2.45) is 5.73 Å². The fraction of sp³-hybridized carbons (Fsp3) is 0. The van der Waals surface area contributed by atoms with Crippen LogP contribution >= 0.6 is 0 Å². The van der Waals surface area contributed by atoms with E-state index in [2.05, 4.69) is 19.9 Å². The number of carbonyl (C=O) groups excluding carboxylic acids is 1. The molecular formula is C10H8N6O. The van der Waals surface area contributed by atoms with E-state index in [9.17, 15) is 4.79 Å². The number of H-pyrrole nitrogens is 1. The molecule has 0 saturated carbocycles. The lowest BCUT2D eigenvalue weighted by molar-refractivity contribution is 0.0997. The van der Waals surface area contributed by atoms with Gasteiger partial charge in [0.25, 0.3) is 5.91 Å². The molecule has 84 valence electrons. The van der Waals surface area contributed by atoms with Gasteiger partial charge < -0.3 is 10.7 Å². The number of carbonyl (C=O) groups is 1. The second-order valence-corrected chi connectivity index (χ2v) is 3.44. The van der Waals surface area contributed by atoms with Crippen molar-refractivity contribution in [1.29, 1.82) is 0 Å². The van der Waals surface area contributed by atoms with Crippen LogP contribution in [0, 0.1) is 0 Å². The average Bonchev–Trinajstić information content (AvgIpc) is 2.98. The molecule has 3 rings (SSSR count). The van der Waals surface area contributed by atoms with E-state index in [1.165, 1.54) is 0 Å². The highest BCUT2D eigenvalue weighted by Gasteiger charge is 2.13. The number of hydrogen-bond donors (Lipinski definition) is 2. The molecule has 0 aromatic carbocycles. The van der Waals surface area contributed by atoms with Crippen LogP contribution in [0.25, 0.3) is 17.0 Å². The van der Waals surface area contributed by atoms with Gasteiger partial charge in [-0.25, -0.2) is 15.0 Å². The number of rotatable bonds is 2. The second kappa shape index (κ2) is 3.41. The molecule has 3 heterocycles. The summed E-state index contributed by atoms with van der Waals surface area (Å²) in [6.45, 7) is 0. The summed E-state index contributed by atoms with van der Waals surface area (Å²) in [5, 5.41) is 0. The van der Waals surface area contributed by atoms with E-state index < -0.39 is 5.91 Å². The van der Waals surface area contributed by atoms with Crippen LogP contribution in [0.3, 0.4) is 0 Å². The first-order chi connectivity index (χ1) is 8.25. The monoisotopic (exact) mass is 228 g/mol. The topological polar surface area (TPSA) is 102 Å². The Morgan fingerprint density at radius 1 is 1.41 bits per heavy atom. The maximum Gasteiger partial charge on any atom is 0.269 e. The number of nitrogens with one attached hydrogen (secondary N) is 1. The van der Waals surface area contributed by atoms with Gasteiger partial charge in [0.2, 0.25) is 5.95 Å². The van der Waals surface area contributed by atoms with Gasteiger partial charge in [0.15, 0.2) is 5.69 Å². The lowest BCUT2D eigenvalue weighted by Gasteiger charge is -2.03. The van der Waals surface area contributed by atoms with Crippen LogP contribution in [0.2, 0.25) is 0 Å². The van der Waals surface area contributed by atoms with Crippen LogP contribution in [0.4, 0.5) is 0 Å². The Morgan fingerprint density at radius 3 is 3.00 bits per heavy atom. The molecule has 0 spiro atoms. The molecule has 0 atom stereocenters. The minimum absolute atomic E-state index is 0.170. The molecule has 3 aromatic rings. The Labute approximate surface area is 95.3 Å². The summed E-state index contributed by atoms with van der Waals surface area (Å²) in [4.78, 5) is 26.5. The predicted octanol–water partition coefficient (Wildman–Crippen LogP) is 0.242. The van der Waals surface area contributed by atoms with Gasteiger partial charge in [-0.1, -0.05) is 0 Å². The van der Waals surface area contributed by atoms with Crippen LogP contribution in [0.5, 0.6) is 0 Å². The predicted molar refractivity (Wildman–Crippen MR) is 59.5 cm³/mol. The first-order valence-electron chi connectivity index (χ1n) is 4.89. The molecule has 0 bridgehead atoms. The van der Waals surface area contributed by atoms with Gasteiger partial charge >= 0.3 is 0 Å². The normalized spacial score (nSPS) is 10.8. The summed E-state index contributed by atoms with van der Waals surface area (Å²) >= 11 is 0. The summed E-state index contributed by atoms with van der Waals surface area (Å²) in [5.74, 6) is -0.232. The maximum atomic E-state index is 11.3. The fourth-order valence-electron chi connectivity index (χ4n) is 1.60. The van der Waals surface area contributed by atoms with E-state index in [0.29, 0.717) is 17.0 Å². The third-order valence-corrected chi connectivity index (χ3v) is 2.36. The van der Waals surface area contributed by atoms with Crippen molar-refractivity contribution in [3.05, 3.63) is 36.7 Å². The minimum atomic E-state index is -0.596. The quantitative estimate of drug-likeness (QED) is 0.655. The highest BCUT2D eigenvalue weighted by molar-refractivity contribution is 6.02. The zero-order chi connectivity index (χ0) is 11.8. The van der Waals surface area contributed by atoms with Crippen molar-refractivity contribution < 1.29 is 4.79 Å². The van der Waals surface area contributed by atoms with Crippen molar-refractivity contribution in [3.8, 4) is 5.95 Å². The van der Waals surface area contributed by atoms with E-state index in [1.54, 1.807) is 35.6 Å². The fourth-order valence-corrected chi connectivity index (χ4v) is 1.60. The van der Waals surface area contributed by atoms with Crippen molar-refractivity contribution >= 4 is 16.9 Å². The van der Waals surface area contributed by atoms with Crippen LogP contribution in [-0.4, -0.2) is 30.4 Å². The van der Waals surface area contributed by atoms with Gasteiger partial charge in [0, 0.05) is 18.6 Å². The van der Waals surface area contributed by atoms with Crippen molar-refractivity contribution in [3.63, 3.8) is 0 Å². The standard InChI is InChI=1S/C10H8N6O/c11-9(17)8-7-6(1-2-13-7)14-10(15-8)16-4-3-12-5-16/h1-5,13H,(H2,11,17). The van der Waals surface area contributed by atoms with Crippen LogP contribution in [-0.2, 0) is 0 Å². The van der Waals surface area contributed by atoms with Gasteiger partial charge in [-0.05, 0) is 6.07 Å². The summed E-state index contributed by atoms with van der Waals surface area (Å²) < 4.78 is 1.61. The molecule has 3 N–H and O–H groups in total. The third kappa shape index (κ3) is 1.44. The summed E-state index contributed by atoms with van der Waals surface area (Å²) in [6, 6.07) is 1.75. The van der Waals surface area contributed by atoms with Gasteiger partial charge in [-0.3, -0.25) is 9.36 Å². The Morgan fingerprint density at radius 2 is 2.29 bits per heavy atom. The Bertz CT molecular complexity index is 684. The molecule has 3 aromatic heterocycles. The molecule has 0 aliphatic heterocycles. The molecule has 0 unspecified atom stereocenters. The third-order valence-electron chi connectivity index (χ3n) is 2.36. The van der Waals surface area contributed by atoms with E-state index in [0.717, 1.165) is 0 Å². The zero-order valence-corrected chi connectivity index (χ0v) is 8.66.